The predicted octanol–water partition coefficient (Wildman–Crippen LogP) is 4.54. The Morgan fingerprint density at radius 1 is 1.00 bits per heavy atom. The smallest absolute Gasteiger partial charge is 0.274 e. The van der Waals surface area contributed by atoms with Gasteiger partial charge in [-0.1, -0.05) is 18.2 Å². The average Bonchev–Trinajstić information content (AvgIpc) is 2.57. The van der Waals surface area contributed by atoms with Gasteiger partial charge >= 0.3 is 0 Å². The number of amides is 1. The number of anilines is 3. The second-order valence-electron chi connectivity index (χ2n) is 6.09. The normalized spacial score (nSPS) is 10.5. The molecule has 0 fully saturated rings. The number of carbonyl (C=O) groups is 1. The molecule has 0 unspecified atom stereocenters. The van der Waals surface area contributed by atoms with Crippen LogP contribution in [0.3, 0.4) is 0 Å². The van der Waals surface area contributed by atoms with Gasteiger partial charge in [0.05, 0.1) is 0 Å². The van der Waals surface area contributed by atoms with Crippen LogP contribution in [0.2, 0.25) is 0 Å². The SMILES string of the molecule is Cc1ccc(C)c(NC(=O)c2cc(Nc3cccc(F)c3)nc(C)n2)c1. The third-order valence-electron chi connectivity index (χ3n) is 3.81. The first kappa shape index (κ1) is 17.5. The van der Waals surface area contributed by atoms with E-state index in [-0.39, 0.29) is 17.4 Å². The zero-order valence-electron chi connectivity index (χ0n) is 14.8. The van der Waals surface area contributed by atoms with E-state index in [0.717, 1.165) is 16.8 Å². The third kappa shape index (κ3) is 4.22. The fraction of sp³-hybridized carbons (Fsp3) is 0.150. The van der Waals surface area contributed by atoms with Crippen molar-refractivity contribution in [3.05, 3.63) is 77.0 Å². The summed E-state index contributed by atoms with van der Waals surface area (Å²) in [5, 5.41) is 5.87. The largest absolute Gasteiger partial charge is 0.340 e. The van der Waals surface area contributed by atoms with E-state index in [9.17, 15) is 9.18 Å². The van der Waals surface area contributed by atoms with Crippen LogP contribution in [-0.2, 0) is 0 Å². The highest BCUT2D eigenvalue weighted by Crippen LogP contribution is 2.19. The fourth-order valence-corrected chi connectivity index (χ4v) is 2.52. The molecule has 3 rings (SSSR count). The van der Waals surface area contributed by atoms with E-state index in [0.29, 0.717) is 17.3 Å². The molecule has 5 nitrogen and oxygen atoms in total. The summed E-state index contributed by atoms with van der Waals surface area (Å²) >= 11 is 0. The molecule has 0 aliphatic rings. The van der Waals surface area contributed by atoms with Gasteiger partial charge in [-0.2, -0.15) is 0 Å². The molecule has 0 radical (unpaired) electrons. The molecule has 0 aliphatic carbocycles. The first-order chi connectivity index (χ1) is 12.4. The average molecular weight is 350 g/mol. The topological polar surface area (TPSA) is 66.9 Å². The lowest BCUT2D eigenvalue weighted by Crippen LogP contribution is -2.16. The number of aromatic nitrogens is 2. The van der Waals surface area contributed by atoms with Crippen LogP contribution in [0.4, 0.5) is 21.6 Å². The lowest BCUT2D eigenvalue weighted by Gasteiger charge is -2.11. The van der Waals surface area contributed by atoms with Crippen molar-refractivity contribution in [1.82, 2.24) is 9.97 Å². The van der Waals surface area contributed by atoms with E-state index in [2.05, 4.69) is 20.6 Å². The summed E-state index contributed by atoms with van der Waals surface area (Å²) in [6, 6.07) is 13.4. The van der Waals surface area contributed by atoms with Crippen LogP contribution in [0.5, 0.6) is 0 Å². The molecule has 2 N–H and O–H groups in total. The molecule has 26 heavy (non-hydrogen) atoms. The zero-order valence-corrected chi connectivity index (χ0v) is 14.8. The molecular weight excluding hydrogens is 331 g/mol. The van der Waals surface area contributed by atoms with Crippen molar-refractivity contribution < 1.29 is 9.18 Å². The Morgan fingerprint density at radius 3 is 2.58 bits per heavy atom. The molecule has 1 amide bonds. The van der Waals surface area contributed by atoms with Crippen molar-refractivity contribution in [3.63, 3.8) is 0 Å². The molecule has 132 valence electrons. The van der Waals surface area contributed by atoms with Gasteiger partial charge in [0.25, 0.3) is 5.91 Å². The third-order valence-corrected chi connectivity index (χ3v) is 3.81. The minimum absolute atomic E-state index is 0.234. The zero-order chi connectivity index (χ0) is 18.7. The summed E-state index contributed by atoms with van der Waals surface area (Å²) in [5.74, 6) is 0.187. The predicted molar refractivity (Wildman–Crippen MR) is 100 cm³/mol. The van der Waals surface area contributed by atoms with Crippen molar-refractivity contribution in [1.29, 1.82) is 0 Å². The van der Waals surface area contributed by atoms with Crippen molar-refractivity contribution in [2.24, 2.45) is 0 Å². The number of hydrogen-bond donors (Lipinski definition) is 2. The number of aryl methyl sites for hydroxylation is 3. The summed E-state index contributed by atoms with van der Waals surface area (Å²) in [6.45, 7) is 5.59. The molecule has 0 aliphatic heterocycles. The minimum Gasteiger partial charge on any atom is -0.340 e. The molecule has 0 atom stereocenters. The van der Waals surface area contributed by atoms with Gasteiger partial charge in [0.2, 0.25) is 0 Å². The van der Waals surface area contributed by atoms with Gasteiger partial charge in [0, 0.05) is 17.4 Å². The van der Waals surface area contributed by atoms with Crippen molar-refractivity contribution in [3.8, 4) is 0 Å². The summed E-state index contributed by atoms with van der Waals surface area (Å²) in [6.07, 6.45) is 0. The Labute approximate surface area is 151 Å². The van der Waals surface area contributed by atoms with Gasteiger partial charge in [0.1, 0.15) is 23.2 Å². The number of nitrogens with one attached hydrogen (secondary N) is 2. The standard InChI is InChI=1S/C20H19FN4O/c1-12-7-8-13(2)17(9-12)25-20(26)18-11-19(23-14(3)22-18)24-16-6-4-5-15(21)10-16/h4-11H,1-3H3,(H,25,26)(H,22,23,24). The maximum absolute atomic E-state index is 13.3. The van der Waals surface area contributed by atoms with Crippen molar-refractivity contribution in [2.45, 2.75) is 20.8 Å². The Hall–Kier alpha value is -3.28. The number of nitrogens with zero attached hydrogens (tertiary/aromatic N) is 2. The van der Waals surface area contributed by atoms with Gasteiger partial charge in [-0.25, -0.2) is 14.4 Å². The summed E-state index contributed by atoms with van der Waals surface area (Å²) in [5.41, 5.74) is 3.54. The molecule has 1 aromatic heterocycles. The van der Waals surface area contributed by atoms with E-state index in [1.165, 1.54) is 12.1 Å². The van der Waals surface area contributed by atoms with Gasteiger partial charge in [-0.3, -0.25) is 4.79 Å². The molecule has 0 saturated carbocycles. The highest BCUT2D eigenvalue weighted by Gasteiger charge is 2.12. The molecule has 0 saturated heterocycles. The molecule has 3 aromatic rings. The van der Waals surface area contributed by atoms with Crippen LogP contribution >= 0.6 is 0 Å². The molecule has 2 aromatic carbocycles. The minimum atomic E-state index is -0.353. The van der Waals surface area contributed by atoms with E-state index in [4.69, 9.17) is 0 Å². The quantitative estimate of drug-likeness (QED) is 0.725. The number of carbonyl (C=O) groups excluding carboxylic acids is 1. The number of benzene rings is 2. The Morgan fingerprint density at radius 2 is 1.81 bits per heavy atom. The second kappa shape index (κ2) is 7.31. The van der Waals surface area contributed by atoms with E-state index in [1.807, 2.05) is 32.0 Å². The maximum Gasteiger partial charge on any atom is 0.274 e. The molecular formula is C20H19FN4O. The van der Waals surface area contributed by atoms with E-state index >= 15 is 0 Å². The van der Waals surface area contributed by atoms with Gasteiger partial charge < -0.3 is 10.6 Å². The fourth-order valence-electron chi connectivity index (χ4n) is 2.52. The number of hydrogen-bond acceptors (Lipinski definition) is 4. The lowest BCUT2D eigenvalue weighted by molar-refractivity contribution is 0.102. The van der Waals surface area contributed by atoms with Crippen molar-refractivity contribution in [2.75, 3.05) is 10.6 Å². The summed E-state index contributed by atoms with van der Waals surface area (Å²) in [4.78, 5) is 21.1. The molecule has 0 spiro atoms. The van der Waals surface area contributed by atoms with Gasteiger partial charge in [-0.05, 0) is 56.2 Å². The molecule has 6 heteroatoms. The first-order valence-corrected chi connectivity index (χ1v) is 8.17. The van der Waals surface area contributed by atoms with Crippen LogP contribution < -0.4 is 10.6 Å². The van der Waals surface area contributed by atoms with Crippen LogP contribution in [0.1, 0.15) is 27.4 Å². The highest BCUT2D eigenvalue weighted by molar-refractivity contribution is 6.03. The Balaban J connectivity index is 1.84. The van der Waals surface area contributed by atoms with Crippen LogP contribution in [0, 0.1) is 26.6 Å². The van der Waals surface area contributed by atoms with Gasteiger partial charge in [-0.15, -0.1) is 0 Å². The van der Waals surface area contributed by atoms with Crippen LogP contribution in [0.25, 0.3) is 0 Å². The Bertz CT molecular complexity index is 972. The first-order valence-electron chi connectivity index (χ1n) is 8.17. The lowest BCUT2D eigenvalue weighted by atomic mass is 10.1. The molecule has 1 heterocycles. The number of rotatable bonds is 4. The van der Waals surface area contributed by atoms with Crippen molar-refractivity contribution >= 4 is 23.1 Å². The molecule has 0 bridgehead atoms. The summed E-state index contributed by atoms with van der Waals surface area (Å²) < 4.78 is 13.3. The highest BCUT2D eigenvalue weighted by atomic mass is 19.1. The maximum atomic E-state index is 13.3. The van der Waals surface area contributed by atoms with Crippen LogP contribution in [-0.4, -0.2) is 15.9 Å². The van der Waals surface area contributed by atoms with E-state index < -0.39 is 0 Å². The van der Waals surface area contributed by atoms with Crippen LogP contribution in [0.15, 0.2) is 48.5 Å². The second-order valence-corrected chi connectivity index (χ2v) is 6.09. The van der Waals surface area contributed by atoms with Gasteiger partial charge in [0.15, 0.2) is 0 Å². The Kier molecular flexibility index (Phi) is 4.93. The van der Waals surface area contributed by atoms with E-state index in [1.54, 1.807) is 25.1 Å². The number of halogens is 1. The monoisotopic (exact) mass is 350 g/mol. The summed E-state index contributed by atoms with van der Waals surface area (Å²) in [7, 11) is 0.